The fourth-order valence-electron chi connectivity index (χ4n) is 1.54. The van der Waals surface area contributed by atoms with Crippen molar-refractivity contribution in [2.75, 3.05) is 11.6 Å². The number of anilines is 1. The van der Waals surface area contributed by atoms with Crippen molar-refractivity contribution in [3.63, 3.8) is 0 Å². The summed E-state index contributed by atoms with van der Waals surface area (Å²) in [6.07, 6.45) is 2.61. The molecule has 7 heteroatoms. The molecule has 5 nitrogen and oxygen atoms in total. The zero-order valence-electron chi connectivity index (χ0n) is 10.5. The number of benzene rings is 1. The number of halogens is 1. The van der Waals surface area contributed by atoms with Crippen LogP contribution < -0.4 is 5.32 Å². The van der Waals surface area contributed by atoms with Gasteiger partial charge in [0.25, 0.3) is 5.91 Å². The van der Waals surface area contributed by atoms with Gasteiger partial charge in [-0.1, -0.05) is 11.6 Å². The number of hydrogen-bond acceptors (Lipinski definition) is 4. The minimum Gasteiger partial charge on any atom is -0.322 e. The fourth-order valence-corrected chi connectivity index (χ4v) is 2.37. The minimum absolute atomic E-state index is 0.109. The lowest BCUT2D eigenvalue weighted by Gasteiger charge is -2.06. The summed E-state index contributed by atoms with van der Waals surface area (Å²) in [5.74, 6) is -0.407. The summed E-state index contributed by atoms with van der Waals surface area (Å²) in [6, 6.07) is 9.03. The van der Waals surface area contributed by atoms with E-state index in [4.69, 9.17) is 11.6 Å². The van der Waals surface area contributed by atoms with Crippen LogP contribution in [-0.2, 0) is 9.84 Å². The van der Waals surface area contributed by atoms with Crippen LogP contribution in [0.4, 0.5) is 5.69 Å². The first-order valence-electron chi connectivity index (χ1n) is 5.60. The van der Waals surface area contributed by atoms with E-state index in [9.17, 15) is 13.2 Å². The van der Waals surface area contributed by atoms with Gasteiger partial charge in [-0.05, 0) is 36.4 Å². The Bertz CT molecular complexity index is 742. The number of aromatic nitrogens is 1. The summed E-state index contributed by atoms with van der Waals surface area (Å²) >= 11 is 5.82. The molecule has 0 spiro atoms. The van der Waals surface area contributed by atoms with E-state index in [1.165, 1.54) is 30.5 Å². The van der Waals surface area contributed by atoms with Crippen LogP contribution in [-0.4, -0.2) is 25.6 Å². The number of amides is 1. The third-order valence-corrected chi connectivity index (χ3v) is 3.97. The fraction of sp³-hybridized carbons (Fsp3) is 0.0769. The zero-order valence-corrected chi connectivity index (χ0v) is 12.1. The molecule has 0 aliphatic carbocycles. The van der Waals surface area contributed by atoms with Gasteiger partial charge in [0, 0.05) is 18.1 Å². The Morgan fingerprint density at radius 2 is 1.85 bits per heavy atom. The van der Waals surface area contributed by atoms with Gasteiger partial charge in [0.2, 0.25) is 0 Å². The molecular weight excluding hydrogens is 300 g/mol. The molecule has 0 aliphatic heterocycles. The molecule has 0 bridgehead atoms. The molecule has 0 saturated heterocycles. The number of nitrogens with zero attached hydrogens (tertiary/aromatic N) is 1. The molecule has 1 aromatic carbocycles. The highest BCUT2D eigenvalue weighted by Gasteiger charge is 2.11. The Labute approximate surface area is 121 Å². The molecule has 2 rings (SSSR count). The third kappa shape index (κ3) is 3.34. The standard InChI is InChI=1S/C13H11ClN2O3S/c1-20(18,19)10-6-4-9(5-7-10)16-13(17)11-3-2-8-15-12(11)14/h2-8H,1H3,(H,16,17). The van der Waals surface area contributed by atoms with Crippen molar-refractivity contribution in [3.8, 4) is 0 Å². The molecule has 1 N–H and O–H groups in total. The van der Waals surface area contributed by atoms with Crippen LogP contribution in [0, 0.1) is 0 Å². The quantitative estimate of drug-likeness (QED) is 0.883. The van der Waals surface area contributed by atoms with Crippen molar-refractivity contribution in [2.45, 2.75) is 4.90 Å². The molecule has 0 atom stereocenters. The predicted molar refractivity (Wildman–Crippen MR) is 76.8 cm³/mol. The molecule has 2 aromatic rings. The summed E-state index contributed by atoms with van der Waals surface area (Å²) < 4.78 is 22.6. The monoisotopic (exact) mass is 310 g/mol. The van der Waals surface area contributed by atoms with Gasteiger partial charge in [0.05, 0.1) is 10.5 Å². The van der Waals surface area contributed by atoms with Gasteiger partial charge in [-0.2, -0.15) is 0 Å². The van der Waals surface area contributed by atoms with E-state index in [-0.39, 0.29) is 15.6 Å². The highest BCUT2D eigenvalue weighted by molar-refractivity contribution is 7.90. The van der Waals surface area contributed by atoms with E-state index < -0.39 is 15.7 Å². The first kappa shape index (κ1) is 14.5. The largest absolute Gasteiger partial charge is 0.322 e. The number of rotatable bonds is 3. The van der Waals surface area contributed by atoms with Gasteiger partial charge in [-0.15, -0.1) is 0 Å². The molecule has 0 saturated carbocycles. The number of carbonyl (C=O) groups excluding carboxylic acids is 1. The van der Waals surface area contributed by atoms with E-state index in [0.717, 1.165) is 6.26 Å². The lowest BCUT2D eigenvalue weighted by molar-refractivity contribution is 0.102. The third-order valence-electron chi connectivity index (χ3n) is 2.54. The summed E-state index contributed by atoms with van der Waals surface area (Å²) in [4.78, 5) is 16.0. The van der Waals surface area contributed by atoms with Gasteiger partial charge in [-0.25, -0.2) is 13.4 Å². The summed E-state index contributed by atoms with van der Waals surface area (Å²) in [5.41, 5.74) is 0.726. The Balaban J connectivity index is 2.19. The van der Waals surface area contributed by atoms with E-state index in [1.807, 2.05) is 0 Å². The van der Waals surface area contributed by atoms with E-state index >= 15 is 0 Å². The second-order valence-corrected chi connectivity index (χ2v) is 6.47. The van der Waals surface area contributed by atoms with Crippen molar-refractivity contribution < 1.29 is 13.2 Å². The number of carbonyl (C=O) groups is 1. The van der Waals surface area contributed by atoms with Crippen molar-refractivity contribution in [3.05, 3.63) is 53.3 Å². The molecule has 0 radical (unpaired) electrons. The van der Waals surface area contributed by atoms with Crippen LogP contribution >= 0.6 is 11.6 Å². The topological polar surface area (TPSA) is 76.1 Å². The van der Waals surface area contributed by atoms with Gasteiger partial charge < -0.3 is 5.32 Å². The average molecular weight is 311 g/mol. The maximum Gasteiger partial charge on any atom is 0.258 e. The van der Waals surface area contributed by atoms with E-state index in [0.29, 0.717) is 5.69 Å². The molecule has 0 unspecified atom stereocenters. The normalized spacial score (nSPS) is 11.1. The lowest BCUT2D eigenvalue weighted by Crippen LogP contribution is -2.13. The number of sulfone groups is 1. The lowest BCUT2D eigenvalue weighted by atomic mass is 10.2. The van der Waals surface area contributed by atoms with Gasteiger partial charge >= 0.3 is 0 Å². The number of hydrogen-bond donors (Lipinski definition) is 1. The van der Waals surface area contributed by atoms with Crippen molar-refractivity contribution in [1.82, 2.24) is 4.98 Å². The zero-order chi connectivity index (χ0) is 14.8. The first-order chi connectivity index (χ1) is 9.38. The Hall–Kier alpha value is -1.92. The summed E-state index contributed by atoms with van der Waals surface area (Å²) in [5, 5.41) is 2.73. The minimum atomic E-state index is -3.25. The molecule has 0 aliphatic rings. The van der Waals surface area contributed by atoms with Gasteiger partial charge in [-0.3, -0.25) is 4.79 Å². The number of nitrogens with one attached hydrogen (secondary N) is 1. The first-order valence-corrected chi connectivity index (χ1v) is 7.87. The maximum absolute atomic E-state index is 12.0. The van der Waals surface area contributed by atoms with Crippen LogP contribution in [0.15, 0.2) is 47.5 Å². The van der Waals surface area contributed by atoms with Crippen LogP contribution in [0.25, 0.3) is 0 Å². The van der Waals surface area contributed by atoms with Crippen LogP contribution in [0.3, 0.4) is 0 Å². The highest BCUT2D eigenvalue weighted by atomic mass is 35.5. The Morgan fingerprint density at radius 1 is 1.20 bits per heavy atom. The molecule has 104 valence electrons. The van der Waals surface area contributed by atoms with Crippen molar-refractivity contribution in [1.29, 1.82) is 0 Å². The molecule has 0 fully saturated rings. The molecule has 1 heterocycles. The van der Waals surface area contributed by atoms with Crippen LogP contribution in [0.1, 0.15) is 10.4 Å². The van der Waals surface area contributed by atoms with E-state index in [2.05, 4.69) is 10.3 Å². The second-order valence-electron chi connectivity index (χ2n) is 4.09. The van der Waals surface area contributed by atoms with Crippen LogP contribution in [0.2, 0.25) is 5.15 Å². The smallest absolute Gasteiger partial charge is 0.258 e. The molecule has 20 heavy (non-hydrogen) atoms. The Morgan fingerprint density at radius 3 is 2.40 bits per heavy atom. The maximum atomic E-state index is 12.0. The molecule has 1 aromatic heterocycles. The second kappa shape index (κ2) is 5.60. The Kier molecular flexibility index (Phi) is 4.06. The summed E-state index contributed by atoms with van der Waals surface area (Å²) in [6.45, 7) is 0. The summed E-state index contributed by atoms with van der Waals surface area (Å²) in [7, 11) is -3.25. The van der Waals surface area contributed by atoms with Crippen molar-refractivity contribution >= 4 is 33.0 Å². The predicted octanol–water partition coefficient (Wildman–Crippen LogP) is 2.39. The van der Waals surface area contributed by atoms with Gasteiger partial charge in [0.15, 0.2) is 9.84 Å². The van der Waals surface area contributed by atoms with E-state index in [1.54, 1.807) is 12.1 Å². The van der Waals surface area contributed by atoms with Crippen LogP contribution in [0.5, 0.6) is 0 Å². The highest BCUT2D eigenvalue weighted by Crippen LogP contribution is 2.17. The molecular formula is C13H11ClN2O3S. The van der Waals surface area contributed by atoms with Crippen molar-refractivity contribution in [2.24, 2.45) is 0 Å². The number of pyridine rings is 1. The SMILES string of the molecule is CS(=O)(=O)c1ccc(NC(=O)c2cccnc2Cl)cc1. The average Bonchev–Trinajstić information content (AvgIpc) is 2.38. The van der Waals surface area contributed by atoms with Gasteiger partial charge in [0.1, 0.15) is 5.15 Å². The molecule has 1 amide bonds.